The molecule has 110 valence electrons. The van der Waals surface area contributed by atoms with Gasteiger partial charge < -0.3 is 10.0 Å². The zero-order valence-corrected chi connectivity index (χ0v) is 13.1. The van der Waals surface area contributed by atoms with Gasteiger partial charge in [0.1, 0.15) is 4.88 Å². The highest BCUT2D eigenvalue weighted by atomic mass is 32.1. The van der Waals surface area contributed by atoms with Crippen LogP contribution in [-0.4, -0.2) is 28.9 Å². The molecular weight excluding hydrogens is 288 g/mol. The summed E-state index contributed by atoms with van der Waals surface area (Å²) in [6.45, 7) is 5.34. The van der Waals surface area contributed by atoms with Crippen molar-refractivity contribution in [3.05, 3.63) is 39.9 Å². The molecule has 0 bridgehead atoms. The number of ketones is 1. The molecule has 1 aromatic carbocycles. The molecule has 0 unspecified atom stereocenters. The van der Waals surface area contributed by atoms with Crippen LogP contribution in [0.3, 0.4) is 0 Å². The second kappa shape index (κ2) is 5.65. The van der Waals surface area contributed by atoms with Crippen LogP contribution in [-0.2, 0) is 0 Å². The van der Waals surface area contributed by atoms with Crippen LogP contribution >= 0.6 is 11.3 Å². The average Bonchev–Trinajstić information content (AvgIpc) is 2.83. The van der Waals surface area contributed by atoms with E-state index in [2.05, 4.69) is 4.98 Å². The van der Waals surface area contributed by atoms with Crippen molar-refractivity contribution in [2.75, 3.05) is 11.9 Å². The number of aromatic nitrogens is 1. The normalized spacial score (nSPS) is 10.5. The highest BCUT2D eigenvalue weighted by Gasteiger charge is 2.23. The number of carbonyl (C=O) groups is 2. The number of aryl methyl sites for hydroxylation is 2. The Morgan fingerprint density at radius 3 is 2.43 bits per heavy atom. The number of carbonyl (C=O) groups excluding carboxylic acids is 1. The van der Waals surface area contributed by atoms with Crippen LogP contribution in [0.25, 0.3) is 0 Å². The van der Waals surface area contributed by atoms with Gasteiger partial charge in [-0.15, -0.1) is 0 Å². The molecule has 5 nitrogen and oxygen atoms in total. The predicted octanol–water partition coefficient (Wildman–Crippen LogP) is 3.43. The Hall–Kier alpha value is -2.21. The molecule has 1 heterocycles. The van der Waals surface area contributed by atoms with E-state index in [1.807, 2.05) is 39.1 Å². The second-order valence-corrected chi connectivity index (χ2v) is 5.86. The summed E-state index contributed by atoms with van der Waals surface area (Å²) in [6.07, 6.45) is 0. The van der Waals surface area contributed by atoms with E-state index in [1.165, 1.54) is 6.92 Å². The Labute approximate surface area is 126 Å². The molecule has 0 saturated carbocycles. The molecule has 0 amide bonds. The fourth-order valence-electron chi connectivity index (χ4n) is 2.12. The lowest BCUT2D eigenvalue weighted by Crippen LogP contribution is -2.11. The van der Waals surface area contributed by atoms with Crippen molar-refractivity contribution in [3.63, 3.8) is 0 Å². The van der Waals surface area contributed by atoms with Crippen LogP contribution in [0.1, 0.15) is 38.2 Å². The Kier molecular flexibility index (Phi) is 4.09. The first kappa shape index (κ1) is 15.2. The lowest BCUT2D eigenvalue weighted by atomic mass is 10.1. The monoisotopic (exact) mass is 304 g/mol. The van der Waals surface area contributed by atoms with Gasteiger partial charge in [0.2, 0.25) is 0 Å². The van der Waals surface area contributed by atoms with Crippen molar-refractivity contribution < 1.29 is 14.7 Å². The summed E-state index contributed by atoms with van der Waals surface area (Å²) in [5.74, 6) is -1.47. The summed E-state index contributed by atoms with van der Waals surface area (Å²) < 4.78 is 0. The van der Waals surface area contributed by atoms with Gasteiger partial charge in [-0.25, -0.2) is 9.78 Å². The number of hydrogen-bond donors (Lipinski definition) is 1. The molecule has 0 fully saturated rings. The van der Waals surface area contributed by atoms with Gasteiger partial charge in [-0.05, 0) is 25.5 Å². The smallest absolute Gasteiger partial charge is 0.356 e. The minimum Gasteiger partial charge on any atom is -0.476 e. The highest BCUT2D eigenvalue weighted by Crippen LogP contribution is 2.32. The Balaban J connectivity index is 2.48. The molecular formula is C15H16N2O3S. The fourth-order valence-corrected chi connectivity index (χ4v) is 3.05. The maximum absolute atomic E-state index is 11.5. The lowest BCUT2D eigenvalue weighted by Gasteiger charge is -2.18. The Bertz CT molecular complexity index is 690. The van der Waals surface area contributed by atoms with E-state index in [-0.39, 0.29) is 16.4 Å². The van der Waals surface area contributed by atoms with E-state index < -0.39 is 5.97 Å². The van der Waals surface area contributed by atoms with Gasteiger partial charge in [-0.1, -0.05) is 29.0 Å². The van der Waals surface area contributed by atoms with Gasteiger partial charge in [0.25, 0.3) is 0 Å². The molecule has 2 rings (SSSR count). The van der Waals surface area contributed by atoms with E-state index in [0.29, 0.717) is 5.13 Å². The number of hydrogen-bond acceptors (Lipinski definition) is 5. The van der Waals surface area contributed by atoms with Crippen molar-refractivity contribution in [1.29, 1.82) is 0 Å². The maximum atomic E-state index is 11.5. The number of Topliss-reactive ketones (excluding diaryl/α,β-unsaturated/α-hetero) is 1. The Morgan fingerprint density at radius 2 is 1.95 bits per heavy atom. The zero-order valence-electron chi connectivity index (χ0n) is 12.3. The average molecular weight is 304 g/mol. The molecule has 1 N–H and O–H groups in total. The molecule has 6 heteroatoms. The molecule has 0 atom stereocenters. The first-order valence-corrected chi connectivity index (χ1v) is 7.19. The van der Waals surface area contributed by atoms with Crippen LogP contribution in [0, 0.1) is 13.8 Å². The van der Waals surface area contributed by atoms with E-state index in [9.17, 15) is 9.59 Å². The lowest BCUT2D eigenvalue weighted by molar-refractivity contribution is 0.0687. The van der Waals surface area contributed by atoms with Gasteiger partial charge in [0.15, 0.2) is 16.6 Å². The van der Waals surface area contributed by atoms with Crippen LogP contribution in [0.4, 0.5) is 10.8 Å². The van der Waals surface area contributed by atoms with Gasteiger partial charge >= 0.3 is 5.97 Å². The molecule has 21 heavy (non-hydrogen) atoms. The summed E-state index contributed by atoms with van der Waals surface area (Å²) in [5, 5.41) is 9.63. The minimum absolute atomic E-state index is 0.175. The first-order valence-electron chi connectivity index (χ1n) is 6.37. The summed E-state index contributed by atoms with van der Waals surface area (Å²) in [6, 6.07) is 5.99. The van der Waals surface area contributed by atoms with Gasteiger partial charge in [-0.2, -0.15) is 0 Å². The van der Waals surface area contributed by atoms with Crippen molar-refractivity contribution >= 4 is 33.9 Å². The third kappa shape index (κ3) is 2.95. The first-order chi connectivity index (χ1) is 9.81. The molecule has 1 aromatic heterocycles. The third-order valence-electron chi connectivity index (χ3n) is 3.14. The number of carboxylic acid groups (broad SMARTS) is 1. The third-order valence-corrected chi connectivity index (χ3v) is 4.37. The van der Waals surface area contributed by atoms with Gasteiger partial charge in [-0.3, -0.25) is 4.79 Å². The Morgan fingerprint density at radius 1 is 1.29 bits per heavy atom. The number of nitrogens with zero attached hydrogens (tertiary/aromatic N) is 2. The van der Waals surface area contributed by atoms with Crippen molar-refractivity contribution in [2.24, 2.45) is 0 Å². The van der Waals surface area contributed by atoms with Gasteiger partial charge in [0.05, 0.1) is 0 Å². The van der Waals surface area contributed by atoms with E-state index in [0.717, 1.165) is 28.2 Å². The quantitative estimate of drug-likeness (QED) is 0.876. The summed E-state index contributed by atoms with van der Waals surface area (Å²) >= 11 is 1.10. The van der Waals surface area contributed by atoms with Crippen molar-refractivity contribution in [3.8, 4) is 0 Å². The summed E-state index contributed by atoms with van der Waals surface area (Å²) in [4.78, 5) is 28.8. The maximum Gasteiger partial charge on any atom is 0.356 e. The van der Waals surface area contributed by atoms with E-state index >= 15 is 0 Å². The van der Waals surface area contributed by atoms with Crippen LogP contribution in [0.2, 0.25) is 0 Å². The number of benzene rings is 1. The largest absolute Gasteiger partial charge is 0.476 e. The molecule has 0 saturated heterocycles. The van der Waals surface area contributed by atoms with E-state index in [4.69, 9.17) is 5.11 Å². The van der Waals surface area contributed by atoms with Crippen LogP contribution in [0.15, 0.2) is 18.2 Å². The molecule has 0 spiro atoms. The highest BCUT2D eigenvalue weighted by molar-refractivity contribution is 7.17. The standard InChI is InChI=1S/C15H16N2O3S/c1-8-5-6-11(9(2)7-8)17(4)15-16-12(14(19)20)13(21-15)10(3)18/h5-7H,1-4H3,(H,19,20). The topological polar surface area (TPSA) is 70.5 Å². The zero-order chi connectivity index (χ0) is 15.7. The fraction of sp³-hybridized carbons (Fsp3) is 0.267. The molecule has 0 aliphatic rings. The minimum atomic E-state index is -1.18. The number of rotatable bonds is 4. The van der Waals surface area contributed by atoms with Crippen LogP contribution < -0.4 is 4.90 Å². The van der Waals surface area contributed by atoms with Crippen molar-refractivity contribution in [1.82, 2.24) is 4.98 Å². The predicted molar refractivity (Wildman–Crippen MR) is 83.1 cm³/mol. The molecule has 0 aliphatic carbocycles. The van der Waals surface area contributed by atoms with Gasteiger partial charge in [0, 0.05) is 19.7 Å². The SMILES string of the molecule is CC(=O)c1sc(N(C)c2ccc(C)cc2C)nc1C(=O)O. The molecule has 0 aliphatic heterocycles. The van der Waals surface area contributed by atoms with E-state index in [1.54, 1.807) is 4.90 Å². The summed E-state index contributed by atoms with van der Waals surface area (Å²) in [5.41, 5.74) is 2.97. The number of thiazole rings is 1. The summed E-state index contributed by atoms with van der Waals surface area (Å²) in [7, 11) is 1.81. The number of aromatic carboxylic acids is 1. The van der Waals surface area contributed by atoms with Crippen molar-refractivity contribution in [2.45, 2.75) is 20.8 Å². The number of anilines is 2. The van der Waals surface area contributed by atoms with Crippen LogP contribution in [0.5, 0.6) is 0 Å². The number of carboxylic acids is 1. The molecule has 0 radical (unpaired) electrons. The molecule has 2 aromatic rings. The second-order valence-electron chi connectivity index (χ2n) is 4.88.